The maximum atomic E-state index is 13.0. The van der Waals surface area contributed by atoms with Crippen molar-refractivity contribution in [3.05, 3.63) is 59.4 Å². The number of sulfonamides is 1. The number of nitrogens with one attached hydrogen (secondary N) is 1. The number of halogens is 2. The number of rotatable bonds is 5. The third kappa shape index (κ3) is 4.49. The van der Waals surface area contributed by atoms with Crippen molar-refractivity contribution in [2.75, 3.05) is 44.6 Å². The summed E-state index contributed by atoms with van der Waals surface area (Å²) in [5, 5.41) is 3.26. The van der Waals surface area contributed by atoms with E-state index < -0.39 is 10.0 Å². The molecule has 152 valence electrons. The van der Waals surface area contributed by atoms with Crippen LogP contribution in [-0.4, -0.2) is 56.9 Å². The van der Waals surface area contributed by atoms with Gasteiger partial charge in [0.25, 0.3) is 0 Å². The molecule has 2 heterocycles. The first kappa shape index (κ1) is 21.0. The SMILES string of the molecule is Cl.O=S(=O)(c1ccc2c(c1)CCN2)N1CCN(CCc2ccc(F)cc2)CC1. The summed E-state index contributed by atoms with van der Waals surface area (Å²) in [7, 11) is -3.44. The summed E-state index contributed by atoms with van der Waals surface area (Å²) in [6.07, 6.45) is 1.71. The summed E-state index contributed by atoms with van der Waals surface area (Å²) in [5.41, 5.74) is 3.21. The lowest BCUT2D eigenvalue weighted by Gasteiger charge is -2.34. The van der Waals surface area contributed by atoms with Gasteiger partial charge in [-0.1, -0.05) is 12.1 Å². The van der Waals surface area contributed by atoms with Gasteiger partial charge < -0.3 is 10.2 Å². The van der Waals surface area contributed by atoms with E-state index in [-0.39, 0.29) is 18.2 Å². The largest absolute Gasteiger partial charge is 0.384 e. The van der Waals surface area contributed by atoms with Crippen LogP contribution in [0.2, 0.25) is 0 Å². The summed E-state index contributed by atoms with van der Waals surface area (Å²) in [5.74, 6) is -0.222. The predicted molar refractivity (Wildman–Crippen MR) is 111 cm³/mol. The molecule has 1 fully saturated rings. The number of benzene rings is 2. The van der Waals surface area contributed by atoms with Gasteiger partial charge in [-0.3, -0.25) is 0 Å². The van der Waals surface area contributed by atoms with Gasteiger partial charge in [-0.05, 0) is 54.3 Å². The Morgan fingerprint density at radius 2 is 1.71 bits per heavy atom. The highest BCUT2D eigenvalue weighted by atomic mass is 35.5. The van der Waals surface area contributed by atoms with Crippen LogP contribution in [0.25, 0.3) is 0 Å². The molecular formula is C20H25ClFN3O2S. The number of nitrogens with zero attached hydrogens (tertiary/aromatic N) is 2. The van der Waals surface area contributed by atoms with Crippen LogP contribution in [0.4, 0.5) is 10.1 Å². The van der Waals surface area contributed by atoms with E-state index in [2.05, 4.69) is 10.2 Å². The Morgan fingerprint density at radius 1 is 1.00 bits per heavy atom. The van der Waals surface area contributed by atoms with Crippen molar-refractivity contribution in [3.8, 4) is 0 Å². The molecule has 2 aromatic rings. The van der Waals surface area contributed by atoms with Gasteiger partial charge in [0.05, 0.1) is 4.90 Å². The van der Waals surface area contributed by atoms with Crippen LogP contribution in [0.5, 0.6) is 0 Å². The van der Waals surface area contributed by atoms with Crippen LogP contribution >= 0.6 is 12.4 Å². The standard InChI is InChI=1S/C20H24FN3O2S.ClH/c21-18-3-1-16(2-4-18)8-10-23-11-13-24(14-12-23)27(25,26)19-5-6-20-17(15-19)7-9-22-20;/h1-6,15,22H,7-14H2;1H. The number of piperazine rings is 1. The second-order valence-corrected chi connectivity index (χ2v) is 9.06. The average Bonchev–Trinajstić information content (AvgIpc) is 3.16. The highest BCUT2D eigenvalue weighted by Crippen LogP contribution is 2.27. The molecule has 4 rings (SSSR count). The monoisotopic (exact) mass is 425 g/mol. The minimum atomic E-state index is -3.44. The summed E-state index contributed by atoms with van der Waals surface area (Å²) in [6, 6.07) is 11.9. The first-order valence-electron chi connectivity index (χ1n) is 9.36. The van der Waals surface area contributed by atoms with E-state index >= 15 is 0 Å². The molecule has 0 aromatic heterocycles. The van der Waals surface area contributed by atoms with Gasteiger partial charge in [-0.2, -0.15) is 4.31 Å². The number of fused-ring (bicyclic) bond motifs is 1. The normalized spacial score (nSPS) is 17.6. The van der Waals surface area contributed by atoms with E-state index in [4.69, 9.17) is 0 Å². The van der Waals surface area contributed by atoms with Crippen LogP contribution in [-0.2, 0) is 22.9 Å². The molecule has 2 aliphatic rings. The zero-order valence-electron chi connectivity index (χ0n) is 15.6. The van der Waals surface area contributed by atoms with Crippen LogP contribution < -0.4 is 5.32 Å². The second-order valence-electron chi connectivity index (χ2n) is 7.12. The van der Waals surface area contributed by atoms with Crippen molar-refractivity contribution in [2.45, 2.75) is 17.7 Å². The van der Waals surface area contributed by atoms with E-state index in [0.29, 0.717) is 31.1 Å². The fourth-order valence-electron chi connectivity index (χ4n) is 3.72. The van der Waals surface area contributed by atoms with Gasteiger partial charge >= 0.3 is 0 Å². The Balaban J connectivity index is 0.00000225. The molecule has 0 atom stereocenters. The van der Waals surface area contributed by atoms with Gasteiger partial charge in [0.1, 0.15) is 5.82 Å². The first-order chi connectivity index (χ1) is 13.0. The van der Waals surface area contributed by atoms with Crippen molar-refractivity contribution < 1.29 is 12.8 Å². The number of hydrogen-bond donors (Lipinski definition) is 1. The van der Waals surface area contributed by atoms with Crippen molar-refractivity contribution in [2.24, 2.45) is 0 Å². The molecule has 0 bridgehead atoms. The van der Waals surface area contributed by atoms with E-state index in [1.165, 1.54) is 12.1 Å². The maximum absolute atomic E-state index is 13.0. The van der Waals surface area contributed by atoms with Crippen molar-refractivity contribution in [1.82, 2.24) is 9.21 Å². The van der Waals surface area contributed by atoms with Crippen LogP contribution in [0.3, 0.4) is 0 Å². The molecule has 8 heteroatoms. The number of anilines is 1. The molecule has 2 aliphatic heterocycles. The summed E-state index contributed by atoms with van der Waals surface area (Å²) in [4.78, 5) is 2.66. The lowest BCUT2D eigenvalue weighted by molar-refractivity contribution is 0.190. The lowest BCUT2D eigenvalue weighted by atomic mass is 10.1. The third-order valence-corrected chi connectivity index (χ3v) is 7.28. The first-order valence-corrected chi connectivity index (χ1v) is 10.8. The highest BCUT2D eigenvalue weighted by Gasteiger charge is 2.29. The Labute approximate surface area is 172 Å². The van der Waals surface area contributed by atoms with E-state index in [1.54, 1.807) is 22.5 Å². The topological polar surface area (TPSA) is 52.7 Å². The molecule has 0 radical (unpaired) electrons. The van der Waals surface area contributed by atoms with E-state index in [0.717, 1.165) is 42.7 Å². The summed E-state index contributed by atoms with van der Waals surface area (Å²) in [6.45, 7) is 4.15. The number of hydrogen-bond acceptors (Lipinski definition) is 4. The Bertz CT molecular complexity index is 914. The molecule has 0 saturated carbocycles. The third-order valence-electron chi connectivity index (χ3n) is 5.39. The molecule has 0 spiro atoms. The zero-order chi connectivity index (χ0) is 18.9. The zero-order valence-corrected chi connectivity index (χ0v) is 17.2. The fourth-order valence-corrected chi connectivity index (χ4v) is 5.20. The van der Waals surface area contributed by atoms with E-state index in [1.807, 2.05) is 12.1 Å². The molecular weight excluding hydrogens is 401 g/mol. The molecule has 1 saturated heterocycles. The quantitative estimate of drug-likeness (QED) is 0.800. The Morgan fingerprint density at radius 3 is 2.43 bits per heavy atom. The second kappa shape index (κ2) is 8.78. The summed E-state index contributed by atoms with van der Waals surface area (Å²) < 4.78 is 40.5. The smallest absolute Gasteiger partial charge is 0.243 e. The minimum absolute atomic E-state index is 0. The lowest BCUT2D eigenvalue weighted by Crippen LogP contribution is -2.49. The van der Waals surface area contributed by atoms with Crippen LogP contribution in [0, 0.1) is 5.82 Å². The predicted octanol–water partition coefficient (Wildman–Crippen LogP) is 2.76. The molecule has 0 unspecified atom stereocenters. The fraction of sp³-hybridized carbons (Fsp3) is 0.400. The summed E-state index contributed by atoms with van der Waals surface area (Å²) >= 11 is 0. The van der Waals surface area contributed by atoms with Gasteiger partial charge in [-0.25, -0.2) is 12.8 Å². The van der Waals surface area contributed by atoms with Crippen molar-refractivity contribution >= 4 is 28.1 Å². The molecule has 2 aromatic carbocycles. The molecule has 0 amide bonds. The molecule has 5 nitrogen and oxygen atoms in total. The van der Waals surface area contributed by atoms with E-state index in [9.17, 15) is 12.8 Å². The minimum Gasteiger partial charge on any atom is -0.384 e. The highest BCUT2D eigenvalue weighted by molar-refractivity contribution is 7.89. The average molecular weight is 426 g/mol. The maximum Gasteiger partial charge on any atom is 0.243 e. The van der Waals surface area contributed by atoms with Gasteiger partial charge in [0.2, 0.25) is 10.0 Å². The molecule has 1 N–H and O–H groups in total. The Hall–Kier alpha value is -1.67. The van der Waals surface area contributed by atoms with Gasteiger partial charge in [0, 0.05) is 45.0 Å². The molecule has 0 aliphatic carbocycles. The van der Waals surface area contributed by atoms with Crippen LogP contribution in [0.1, 0.15) is 11.1 Å². The van der Waals surface area contributed by atoms with Crippen molar-refractivity contribution in [3.63, 3.8) is 0 Å². The van der Waals surface area contributed by atoms with Crippen molar-refractivity contribution in [1.29, 1.82) is 0 Å². The van der Waals surface area contributed by atoms with Crippen LogP contribution in [0.15, 0.2) is 47.4 Å². The van der Waals surface area contributed by atoms with Gasteiger partial charge in [-0.15, -0.1) is 12.4 Å². The Kier molecular flexibility index (Phi) is 6.60. The van der Waals surface area contributed by atoms with Gasteiger partial charge in [0.15, 0.2) is 0 Å². The molecule has 28 heavy (non-hydrogen) atoms.